The molecule has 0 saturated heterocycles. The summed E-state index contributed by atoms with van der Waals surface area (Å²) in [6.07, 6.45) is 3.55. The first-order valence-electron chi connectivity index (χ1n) is 10.1. The highest BCUT2D eigenvalue weighted by molar-refractivity contribution is 5.92. The van der Waals surface area contributed by atoms with Gasteiger partial charge >= 0.3 is 17.9 Å². The van der Waals surface area contributed by atoms with E-state index < -0.39 is 17.9 Å². The number of ether oxygens (including phenoxy) is 4. The molecule has 0 aromatic heterocycles. The van der Waals surface area contributed by atoms with Crippen molar-refractivity contribution in [1.29, 1.82) is 0 Å². The number of carbonyl (C=O) groups excluding carboxylic acids is 3. The number of methoxy groups -OCH3 is 1. The standard InChI is InChI=1S/C26H22O8/c1-16(27)32-22-12-19(13-23(15-22)33-17(2)28)5-4-18-6-9-21(10-7-18)34-26(30)20-8-11-24(29)25(14-20)31-3/h4-15,29H,1-3H3. The predicted octanol–water partition coefficient (Wildman–Crippen LogP) is 4.64. The van der Waals surface area contributed by atoms with Crippen molar-refractivity contribution < 1.29 is 38.4 Å². The zero-order valence-corrected chi connectivity index (χ0v) is 18.7. The number of phenolic OH excluding ortho intramolecular Hbond substituents is 1. The molecular formula is C26H22O8. The van der Waals surface area contributed by atoms with Crippen molar-refractivity contribution in [3.63, 3.8) is 0 Å². The largest absolute Gasteiger partial charge is 0.504 e. The number of benzene rings is 3. The van der Waals surface area contributed by atoms with Crippen molar-refractivity contribution in [3.05, 3.63) is 77.4 Å². The fraction of sp³-hybridized carbons (Fsp3) is 0.115. The van der Waals surface area contributed by atoms with Gasteiger partial charge in [0.1, 0.15) is 17.2 Å². The summed E-state index contributed by atoms with van der Waals surface area (Å²) in [5, 5.41) is 9.65. The smallest absolute Gasteiger partial charge is 0.343 e. The van der Waals surface area contributed by atoms with Crippen LogP contribution in [0.1, 0.15) is 35.3 Å². The van der Waals surface area contributed by atoms with E-state index in [9.17, 15) is 19.5 Å². The van der Waals surface area contributed by atoms with Gasteiger partial charge in [0.2, 0.25) is 0 Å². The molecule has 3 rings (SSSR count). The van der Waals surface area contributed by atoms with Crippen LogP contribution in [0.25, 0.3) is 12.2 Å². The third-order valence-corrected chi connectivity index (χ3v) is 4.40. The summed E-state index contributed by atoms with van der Waals surface area (Å²) in [6.45, 7) is 2.56. The molecule has 8 heteroatoms. The third kappa shape index (κ3) is 6.70. The van der Waals surface area contributed by atoms with Gasteiger partial charge in [-0.1, -0.05) is 24.3 Å². The molecule has 174 valence electrons. The first kappa shape index (κ1) is 24.1. The molecule has 0 fully saturated rings. The lowest BCUT2D eigenvalue weighted by molar-refractivity contribution is -0.132. The second kappa shape index (κ2) is 10.8. The molecule has 0 bridgehead atoms. The van der Waals surface area contributed by atoms with Gasteiger partial charge in [-0.15, -0.1) is 0 Å². The van der Waals surface area contributed by atoms with Gasteiger partial charge in [0.15, 0.2) is 11.5 Å². The Morgan fingerprint density at radius 1 is 0.706 bits per heavy atom. The maximum Gasteiger partial charge on any atom is 0.343 e. The fourth-order valence-electron chi connectivity index (χ4n) is 2.95. The Bertz CT molecular complexity index is 1210. The zero-order chi connectivity index (χ0) is 24.7. The van der Waals surface area contributed by atoms with Crippen molar-refractivity contribution in [2.24, 2.45) is 0 Å². The molecule has 0 spiro atoms. The van der Waals surface area contributed by atoms with Gasteiger partial charge in [-0.25, -0.2) is 4.79 Å². The van der Waals surface area contributed by atoms with Gasteiger partial charge in [0, 0.05) is 19.9 Å². The van der Waals surface area contributed by atoms with Crippen molar-refractivity contribution in [3.8, 4) is 28.7 Å². The molecule has 34 heavy (non-hydrogen) atoms. The molecule has 0 atom stereocenters. The van der Waals surface area contributed by atoms with Crippen LogP contribution >= 0.6 is 0 Å². The lowest BCUT2D eigenvalue weighted by atomic mass is 10.1. The molecule has 1 N–H and O–H groups in total. The Hall–Kier alpha value is -4.59. The number of carbonyl (C=O) groups is 3. The number of hydrogen-bond acceptors (Lipinski definition) is 8. The molecule has 0 radical (unpaired) electrons. The van der Waals surface area contributed by atoms with Crippen LogP contribution < -0.4 is 18.9 Å². The van der Waals surface area contributed by atoms with E-state index in [1.54, 1.807) is 48.6 Å². The Morgan fingerprint density at radius 2 is 1.29 bits per heavy atom. The minimum absolute atomic E-state index is 0.0754. The van der Waals surface area contributed by atoms with Crippen LogP contribution in [0.2, 0.25) is 0 Å². The minimum Gasteiger partial charge on any atom is -0.504 e. The molecule has 3 aromatic carbocycles. The van der Waals surface area contributed by atoms with E-state index in [4.69, 9.17) is 18.9 Å². The Balaban J connectivity index is 1.72. The first-order valence-corrected chi connectivity index (χ1v) is 10.1. The van der Waals surface area contributed by atoms with Gasteiger partial charge in [0.25, 0.3) is 0 Å². The summed E-state index contributed by atoms with van der Waals surface area (Å²) >= 11 is 0. The topological polar surface area (TPSA) is 108 Å². The van der Waals surface area contributed by atoms with Gasteiger partial charge in [-0.3, -0.25) is 9.59 Å². The summed E-state index contributed by atoms with van der Waals surface area (Å²) in [5.41, 5.74) is 1.68. The van der Waals surface area contributed by atoms with Crippen molar-refractivity contribution in [2.45, 2.75) is 13.8 Å². The van der Waals surface area contributed by atoms with Crippen LogP contribution in [0.4, 0.5) is 0 Å². The number of phenols is 1. The van der Waals surface area contributed by atoms with Crippen LogP contribution in [-0.4, -0.2) is 30.1 Å². The van der Waals surface area contributed by atoms with Crippen LogP contribution in [0.3, 0.4) is 0 Å². The average Bonchev–Trinajstić information content (AvgIpc) is 2.78. The zero-order valence-electron chi connectivity index (χ0n) is 18.7. The third-order valence-electron chi connectivity index (χ3n) is 4.40. The SMILES string of the molecule is COc1cc(C(=O)Oc2ccc(C=Cc3cc(OC(C)=O)cc(OC(C)=O)c3)cc2)ccc1O. The highest BCUT2D eigenvalue weighted by Gasteiger charge is 2.12. The molecule has 0 aliphatic carbocycles. The number of aromatic hydroxyl groups is 1. The van der Waals surface area contributed by atoms with Crippen LogP contribution in [0.5, 0.6) is 28.7 Å². The normalized spacial score (nSPS) is 10.6. The van der Waals surface area contributed by atoms with Crippen LogP contribution in [-0.2, 0) is 9.59 Å². The molecule has 8 nitrogen and oxygen atoms in total. The van der Waals surface area contributed by atoms with Gasteiger partial charge in [-0.2, -0.15) is 0 Å². The van der Waals surface area contributed by atoms with E-state index in [1.807, 2.05) is 0 Å². The number of rotatable bonds is 7. The van der Waals surface area contributed by atoms with E-state index in [2.05, 4.69) is 0 Å². The molecule has 0 heterocycles. The fourth-order valence-corrected chi connectivity index (χ4v) is 2.95. The maximum absolute atomic E-state index is 12.4. The maximum atomic E-state index is 12.4. The van der Waals surface area contributed by atoms with E-state index in [0.717, 1.165) is 5.56 Å². The Labute approximate surface area is 196 Å². The highest BCUT2D eigenvalue weighted by atomic mass is 16.5. The van der Waals surface area contributed by atoms with E-state index in [0.29, 0.717) is 11.3 Å². The Morgan fingerprint density at radius 3 is 1.85 bits per heavy atom. The summed E-state index contributed by atoms with van der Waals surface area (Å²) in [5.74, 6) is -0.655. The molecular weight excluding hydrogens is 440 g/mol. The second-order valence-corrected chi connectivity index (χ2v) is 7.10. The molecule has 0 aliphatic rings. The summed E-state index contributed by atoms with van der Waals surface area (Å²) in [4.78, 5) is 34.9. The van der Waals surface area contributed by atoms with E-state index >= 15 is 0 Å². The van der Waals surface area contributed by atoms with Gasteiger partial charge in [-0.05, 0) is 53.6 Å². The van der Waals surface area contributed by atoms with Crippen molar-refractivity contribution in [2.75, 3.05) is 7.11 Å². The monoisotopic (exact) mass is 462 g/mol. The Kier molecular flexibility index (Phi) is 7.66. The number of hydrogen-bond donors (Lipinski definition) is 1. The van der Waals surface area contributed by atoms with E-state index in [1.165, 1.54) is 45.2 Å². The average molecular weight is 462 g/mol. The number of esters is 3. The van der Waals surface area contributed by atoms with Crippen LogP contribution in [0, 0.1) is 0 Å². The molecule has 0 unspecified atom stereocenters. The summed E-state index contributed by atoms with van der Waals surface area (Å²) < 4.78 is 20.6. The lowest BCUT2D eigenvalue weighted by Crippen LogP contribution is -2.08. The summed E-state index contributed by atoms with van der Waals surface area (Å²) in [7, 11) is 1.39. The molecule has 3 aromatic rings. The first-order chi connectivity index (χ1) is 16.2. The molecule has 0 aliphatic heterocycles. The highest BCUT2D eigenvalue weighted by Crippen LogP contribution is 2.27. The van der Waals surface area contributed by atoms with Crippen LogP contribution in [0.15, 0.2) is 60.7 Å². The molecule has 0 amide bonds. The minimum atomic E-state index is -0.595. The quantitative estimate of drug-likeness (QED) is 0.307. The summed E-state index contributed by atoms with van der Waals surface area (Å²) in [6, 6.07) is 15.7. The lowest BCUT2D eigenvalue weighted by Gasteiger charge is -2.08. The second-order valence-electron chi connectivity index (χ2n) is 7.10. The molecule has 0 saturated carbocycles. The predicted molar refractivity (Wildman–Crippen MR) is 124 cm³/mol. The van der Waals surface area contributed by atoms with Crippen molar-refractivity contribution in [1.82, 2.24) is 0 Å². The van der Waals surface area contributed by atoms with E-state index in [-0.39, 0.29) is 28.6 Å². The van der Waals surface area contributed by atoms with Gasteiger partial charge in [0.05, 0.1) is 12.7 Å². The van der Waals surface area contributed by atoms with Gasteiger partial charge < -0.3 is 24.1 Å². The van der Waals surface area contributed by atoms with Crippen molar-refractivity contribution >= 4 is 30.1 Å².